The molecule has 2 unspecified atom stereocenters. The lowest BCUT2D eigenvalue weighted by Gasteiger charge is -2.34. The van der Waals surface area contributed by atoms with Gasteiger partial charge in [0.2, 0.25) is 5.91 Å². The third-order valence-corrected chi connectivity index (χ3v) is 6.61. The number of carbonyl (C=O) groups excluding carboxylic acids is 2. The fourth-order valence-electron chi connectivity index (χ4n) is 5.30. The number of pyridine rings is 1. The van der Waals surface area contributed by atoms with Crippen LogP contribution in [0.1, 0.15) is 53.6 Å². The Morgan fingerprint density at radius 2 is 2.06 bits per heavy atom. The lowest BCUT2D eigenvalue weighted by atomic mass is 9.73. The van der Waals surface area contributed by atoms with Gasteiger partial charge in [-0.2, -0.15) is 5.10 Å². The predicted octanol–water partition coefficient (Wildman–Crippen LogP) is 3.49. The van der Waals surface area contributed by atoms with E-state index in [0.29, 0.717) is 24.6 Å². The molecule has 2 amide bonds. The molecule has 32 heavy (non-hydrogen) atoms. The SMILES string of the molecule is CC(C)Cc1cc(C(=O)N2CCC3(C(=O)Nc4ccccc43)C2c2cccnc2)n(C)n1. The number of anilines is 1. The van der Waals surface area contributed by atoms with Crippen molar-refractivity contribution in [1.82, 2.24) is 19.7 Å². The van der Waals surface area contributed by atoms with Crippen molar-refractivity contribution in [2.24, 2.45) is 13.0 Å². The maximum atomic E-state index is 13.8. The fourth-order valence-corrected chi connectivity index (χ4v) is 5.30. The van der Waals surface area contributed by atoms with E-state index in [0.717, 1.165) is 28.9 Å². The van der Waals surface area contributed by atoms with Gasteiger partial charge in [-0.3, -0.25) is 19.3 Å². The summed E-state index contributed by atoms with van der Waals surface area (Å²) < 4.78 is 1.66. The Labute approximate surface area is 187 Å². The second-order valence-corrected chi connectivity index (χ2v) is 9.15. The Kier molecular flexibility index (Phi) is 4.84. The molecular formula is C25H27N5O2. The summed E-state index contributed by atoms with van der Waals surface area (Å²) in [4.78, 5) is 33.4. The van der Waals surface area contributed by atoms with Crippen LogP contribution in [0.2, 0.25) is 0 Å². The number of aryl methyl sites for hydroxylation is 1. The molecule has 2 aliphatic heterocycles. The summed E-state index contributed by atoms with van der Waals surface area (Å²) in [6, 6.07) is 13.0. The predicted molar refractivity (Wildman–Crippen MR) is 121 cm³/mol. The highest BCUT2D eigenvalue weighted by molar-refractivity contribution is 6.08. The van der Waals surface area contributed by atoms with Crippen molar-refractivity contribution >= 4 is 17.5 Å². The topological polar surface area (TPSA) is 80.1 Å². The normalized spacial score (nSPS) is 21.9. The van der Waals surface area contributed by atoms with Gasteiger partial charge >= 0.3 is 0 Å². The Morgan fingerprint density at radius 3 is 2.81 bits per heavy atom. The average Bonchev–Trinajstić information content (AvgIpc) is 3.43. The minimum atomic E-state index is -0.839. The van der Waals surface area contributed by atoms with Gasteiger partial charge in [-0.15, -0.1) is 0 Å². The molecule has 1 aromatic carbocycles. The number of amides is 2. The molecule has 2 aromatic heterocycles. The summed E-state index contributed by atoms with van der Waals surface area (Å²) >= 11 is 0. The first-order valence-electron chi connectivity index (χ1n) is 11.1. The van der Waals surface area contributed by atoms with Crippen molar-refractivity contribution in [1.29, 1.82) is 0 Å². The molecule has 4 heterocycles. The van der Waals surface area contributed by atoms with Crippen LogP contribution in [0.15, 0.2) is 54.9 Å². The van der Waals surface area contributed by atoms with E-state index < -0.39 is 11.5 Å². The first-order chi connectivity index (χ1) is 15.4. The van der Waals surface area contributed by atoms with Crippen molar-refractivity contribution in [2.75, 3.05) is 11.9 Å². The molecule has 7 heteroatoms. The van der Waals surface area contributed by atoms with Crippen molar-refractivity contribution in [3.63, 3.8) is 0 Å². The van der Waals surface area contributed by atoms with Gasteiger partial charge in [0, 0.05) is 31.7 Å². The lowest BCUT2D eigenvalue weighted by molar-refractivity contribution is -0.121. The van der Waals surface area contributed by atoms with Gasteiger partial charge in [-0.25, -0.2) is 0 Å². The zero-order valence-corrected chi connectivity index (χ0v) is 18.6. The third kappa shape index (κ3) is 3.03. The van der Waals surface area contributed by atoms with E-state index in [2.05, 4.69) is 29.2 Å². The zero-order valence-electron chi connectivity index (χ0n) is 18.6. The molecule has 1 N–H and O–H groups in total. The van der Waals surface area contributed by atoms with Crippen LogP contribution in [-0.2, 0) is 23.7 Å². The molecule has 1 fully saturated rings. The number of aromatic nitrogens is 3. The highest BCUT2D eigenvalue weighted by Gasteiger charge is 2.59. The highest BCUT2D eigenvalue weighted by atomic mass is 16.2. The summed E-state index contributed by atoms with van der Waals surface area (Å²) in [7, 11) is 1.81. The number of rotatable bonds is 4. The summed E-state index contributed by atoms with van der Waals surface area (Å²) in [5, 5.41) is 7.61. The summed E-state index contributed by atoms with van der Waals surface area (Å²) in [6.07, 6.45) is 4.84. The van der Waals surface area contributed by atoms with Gasteiger partial charge in [0.25, 0.3) is 5.91 Å². The summed E-state index contributed by atoms with van der Waals surface area (Å²) in [5.41, 5.74) is 3.23. The van der Waals surface area contributed by atoms with Gasteiger partial charge in [-0.1, -0.05) is 38.1 Å². The van der Waals surface area contributed by atoms with E-state index in [1.54, 1.807) is 24.1 Å². The molecule has 2 atom stereocenters. The highest BCUT2D eigenvalue weighted by Crippen LogP contribution is 2.54. The monoisotopic (exact) mass is 429 g/mol. The number of carbonyl (C=O) groups is 2. The minimum Gasteiger partial charge on any atom is -0.329 e. The number of benzene rings is 1. The van der Waals surface area contributed by atoms with E-state index in [4.69, 9.17) is 0 Å². The van der Waals surface area contributed by atoms with Crippen LogP contribution in [0.3, 0.4) is 0 Å². The number of nitrogens with zero attached hydrogens (tertiary/aromatic N) is 4. The van der Waals surface area contributed by atoms with Crippen LogP contribution in [-0.4, -0.2) is 38.0 Å². The molecule has 0 bridgehead atoms. The van der Waals surface area contributed by atoms with Crippen LogP contribution in [0.25, 0.3) is 0 Å². The molecular weight excluding hydrogens is 402 g/mol. The number of hydrogen-bond acceptors (Lipinski definition) is 4. The minimum absolute atomic E-state index is 0.0617. The standard InChI is InChI=1S/C25H27N5O2/c1-16(2)13-18-14-21(29(3)28-18)23(31)30-12-10-25(22(30)17-7-6-11-26-15-17)19-8-4-5-9-20(19)27-24(25)32/h4-9,11,14-16,22H,10,12-13H2,1-3H3,(H,27,32). The van der Waals surface area contributed by atoms with Crippen LogP contribution in [0, 0.1) is 5.92 Å². The second-order valence-electron chi connectivity index (χ2n) is 9.15. The number of nitrogens with one attached hydrogen (secondary N) is 1. The number of likely N-dealkylation sites (tertiary alicyclic amines) is 1. The first kappa shape index (κ1) is 20.4. The molecule has 5 rings (SSSR count). The maximum Gasteiger partial charge on any atom is 0.272 e. The van der Waals surface area contributed by atoms with E-state index in [9.17, 15) is 9.59 Å². The number of hydrogen-bond donors (Lipinski definition) is 1. The summed E-state index contributed by atoms with van der Waals surface area (Å²) in [5.74, 6) is 0.274. The lowest BCUT2D eigenvalue weighted by Crippen LogP contribution is -2.43. The molecule has 7 nitrogen and oxygen atoms in total. The first-order valence-corrected chi connectivity index (χ1v) is 11.1. The van der Waals surface area contributed by atoms with Gasteiger partial charge < -0.3 is 10.2 Å². The van der Waals surface area contributed by atoms with Crippen LogP contribution in [0.5, 0.6) is 0 Å². The van der Waals surface area contributed by atoms with Crippen molar-refractivity contribution in [3.8, 4) is 0 Å². The average molecular weight is 430 g/mol. The molecule has 0 radical (unpaired) electrons. The van der Waals surface area contributed by atoms with E-state index >= 15 is 0 Å². The Morgan fingerprint density at radius 1 is 1.25 bits per heavy atom. The van der Waals surface area contributed by atoms with Crippen molar-refractivity contribution in [2.45, 2.75) is 38.1 Å². The molecule has 164 valence electrons. The Bertz CT molecular complexity index is 1190. The van der Waals surface area contributed by atoms with E-state index in [1.807, 2.05) is 47.4 Å². The van der Waals surface area contributed by atoms with Gasteiger partial charge in [0.15, 0.2) is 0 Å². The van der Waals surface area contributed by atoms with E-state index in [-0.39, 0.29) is 11.8 Å². The fraction of sp³-hybridized carbons (Fsp3) is 0.360. The van der Waals surface area contributed by atoms with Gasteiger partial charge in [0.1, 0.15) is 11.1 Å². The van der Waals surface area contributed by atoms with Crippen LogP contribution < -0.4 is 5.32 Å². The quantitative estimate of drug-likeness (QED) is 0.689. The van der Waals surface area contributed by atoms with Crippen molar-refractivity contribution < 1.29 is 9.59 Å². The number of fused-ring (bicyclic) bond motifs is 2. The van der Waals surface area contributed by atoms with Crippen LogP contribution in [0.4, 0.5) is 5.69 Å². The Balaban J connectivity index is 1.61. The zero-order chi connectivity index (χ0) is 22.5. The van der Waals surface area contributed by atoms with Gasteiger partial charge in [0.05, 0.1) is 11.7 Å². The molecule has 1 spiro atoms. The second kappa shape index (κ2) is 7.58. The molecule has 2 aliphatic rings. The van der Waals surface area contributed by atoms with Crippen LogP contribution >= 0.6 is 0 Å². The Hall–Kier alpha value is -3.48. The third-order valence-electron chi connectivity index (χ3n) is 6.61. The van der Waals surface area contributed by atoms with E-state index in [1.165, 1.54) is 0 Å². The molecule has 3 aromatic rings. The maximum absolute atomic E-state index is 13.8. The van der Waals surface area contributed by atoms with Crippen molar-refractivity contribution in [3.05, 3.63) is 77.4 Å². The van der Waals surface area contributed by atoms with Gasteiger partial charge in [-0.05, 0) is 48.1 Å². The smallest absolute Gasteiger partial charge is 0.272 e. The molecule has 0 saturated carbocycles. The largest absolute Gasteiger partial charge is 0.329 e. The summed E-state index contributed by atoms with van der Waals surface area (Å²) in [6.45, 7) is 4.74. The number of para-hydroxylation sites is 1. The molecule has 1 saturated heterocycles. The molecule has 0 aliphatic carbocycles.